The molecule has 3 nitrogen and oxygen atoms in total. The zero-order valence-corrected chi connectivity index (χ0v) is 16.9. The molecule has 0 saturated heterocycles. The minimum absolute atomic E-state index is 0.245. The Morgan fingerprint density at radius 1 is 0.857 bits per heavy atom. The minimum Gasteiger partial charge on any atom is -0.493 e. The van der Waals surface area contributed by atoms with Gasteiger partial charge in [0.15, 0.2) is 11.5 Å². The minimum atomic E-state index is -0.245. The monoisotopic (exact) mass is 419 g/mol. The molecule has 6 heteroatoms. The number of hydrogen-bond donors (Lipinski definition) is 1. The highest BCUT2D eigenvalue weighted by atomic mass is 35.5. The van der Waals surface area contributed by atoms with Crippen molar-refractivity contribution in [3.63, 3.8) is 0 Å². The zero-order valence-electron chi connectivity index (χ0n) is 15.3. The summed E-state index contributed by atoms with van der Waals surface area (Å²) in [5.74, 6) is 0.937. The Morgan fingerprint density at radius 2 is 1.54 bits per heavy atom. The molecule has 1 N–H and O–H groups in total. The third-order valence-electron chi connectivity index (χ3n) is 4.20. The van der Waals surface area contributed by atoms with Gasteiger partial charge in [-0.25, -0.2) is 4.39 Å². The summed E-state index contributed by atoms with van der Waals surface area (Å²) < 4.78 is 24.3. The summed E-state index contributed by atoms with van der Waals surface area (Å²) in [6, 6.07) is 17.5. The van der Waals surface area contributed by atoms with Crippen LogP contribution in [0, 0.1) is 5.82 Å². The maximum atomic E-state index is 13.0. The maximum Gasteiger partial charge on any atom is 0.163 e. The summed E-state index contributed by atoms with van der Waals surface area (Å²) in [5, 5.41) is 4.56. The van der Waals surface area contributed by atoms with Gasteiger partial charge in [0.05, 0.1) is 7.11 Å². The Bertz CT molecular complexity index is 915. The third-order valence-corrected chi connectivity index (χ3v) is 4.80. The SMILES string of the molecule is COc1cc(CNCc2ccc(F)cc2)c(Cl)cc1OCc1ccc(Cl)cc1. The molecule has 0 radical (unpaired) electrons. The predicted molar refractivity (Wildman–Crippen MR) is 111 cm³/mol. The smallest absolute Gasteiger partial charge is 0.163 e. The van der Waals surface area contributed by atoms with E-state index < -0.39 is 0 Å². The van der Waals surface area contributed by atoms with Crippen LogP contribution in [0.15, 0.2) is 60.7 Å². The number of benzene rings is 3. The van der Waals surface area contributed by atoms with Gasteiger partial charge in [-0.3, -0.25) is 0 Å². The Labute approximate surface area is 174 Å². The first kappa shape index (κ1) is 20.5. The van der Waals surface area contributed by atoms with Gasteiger partial charge in [0.2, 0.25) is 0 Å². The number of halogens is 3. The Balaban J connectivity index is 1.63. The molecule has 0 fully saturated rings. The molecule has 0 unspecified atom stereocenters. The van der Waals surface area contributed by atoms with Crippen LogP contribution in [0.2, 0.25) is 10.0 Å². The van der Waals surface area contributed by atoms with Crippen molar-refractivity contribution >= 4 is 23.2 Å². The fraction of sp³-hybridized carbons (Fsp3) is 0.182. The largest absolute Gasteiger partial charge is 0.493 e. The number of nitrogens with one attached hydrogen (secondary N) is 1. The van der Waals surface area contributed by atoms with Crippen molar-refractivity contribution in [3.8, 4) is 11.5 Å². The van der Waals surface area contributed by atoms with Crippen molar-refractivity contribution in [1.82, 2.24) is 5.32 Å². The van der Waals surface area contributed by atoms with Crippen LogP contribution in [0.1, 0.15) is 16.7 Å². The van der Waals surface area contributed by atoms with Gasteiger partial charge in [0.25, 0.3) is 0 Å². The zero-order chi connectivity index (χ0) is 19.9. The Kier molecular flexibility index (Phi) is 7.15. The lowest BCUT2D eigenvalue weighted by Crippen LogP contribution is -2.13. The lowest BCUT2D eigenvalue weighted by atomic mass is 10.1. The lowest BCUT2D eigenvalue weighted by Gasteiger charge is -2.14. The molecule has 3 aromatic rings. The van der Waals surface area contributed by atoms with E-state index in [1.165, 1.54) is 12.1 Å². The molecule has 0 atom stereocenters. The molecule has 0 amide bonds. The van der Waals surface area contributed by atoms with E-state index in [0.717, 1.165) is 16.7 Å². The molecule has 0 spiro atoms. The number of ether oxygens (including phenoxy) is 2. The molecule has 0 aliphatic heterocycles. The summed E-state index contributed by atoms with van der Waals surface area (Å²) in [5.41, 5.74) is 2.87. The standard InChI is InChI=1S/C22H20Cl2FNO2/c1-27-21-10-17(13-26-12-15-4-8-19(25)9-5-15)20(24)11-22(21)28-14-16-2-6-18(23)7-3-16/h2-11,26H,12-14H2,1H3. The predicted octanol–water partition coefficient (Wildman–Crippen LogP) is 6.01. The van der Waals surface area contributed by atoms with E-state index in [0.29, 0.717) is 41.2 Å². The molecule has 3 aromatic carbocycles. The summed E-state index contributed by atoms with van der Waals surface area (Å²) in [6.07, 6.45) is 0. The van der Waals surface area contributed by atoms with Gasteiger partial charge >= 0.3 is 0 Å². The van der Waals surface area contributed by atoms with Crippen molar-refractivity contribution in [1.29, 1.82) is 0 Å². The second-order valence-electron chi connectivity index (χ2n) is 6.24. The number of hydrogen-bond acceptors (Lipinski definition) is 3. The Hall–Kier alpha value is -2.27. The van der Waals surface area contributed by atoms with Gasteiger partial charge in [0.1, 0.15) is 12.4 Å². The maximum absolute atomic E-state index is 13.0. The highest BCUT2D eigenvalue weighted by molar-refractivity contribution is 6.31. The topological polar surface area (TPSA) is 30.5 Å². The van der Waals surface area contributed by atoms with Gasteiger partial charge in [-0.2, -0.15) is 0 Å². The normalized spacial score (nSPS) is 10.7. The second-order valence-corrected chi connectivity index (χ2v) is 7.08. The highest BCUT2D eigenvalue weighted by Crippen LogP contribution is 2.34. The van der Waals surface area contributed by atoms with E-state index in [1.54, 1.807) is 25.3 Å². The average molecular weight is 420 g/mol. The molecule has 146 valence electrons. The number of methoxy groups -OCH3 is 1. The third kappa shape index (κ3) is 5.61. The molecular weight excluding hydrogens is 400 g/mol. The molecule has 0 saturated carbocycles. The van der Waals surface area contributed by atoms with E-state index in [4.69, 9.17) is 32.7 Å². The molecule has 0 aromatic heterocycles. The van der Waals surface area contributed by atoms with Gasteiger partial charge in [-0.15, -0.1) is 0 Å². The Morgan fingerprint density at radius 3 is 2.21 bits per heavy atom. The second kappa shape index (κ2) is 9.78. The fourth-order valence-corrected chi connectivity index (χ4v) is 3.02. The molecular formula is C22H20Cl2FNO2. The summed E-state index contributed by atoms with van der Waals surface area (Å²) >= 11 is 12.3. The van der Waals surface area contributed by atoms with E-state index >= 15 is 0 Å². The van der Waals surface area contributed by atoms with Crippen LogP contribution in [0.3, 0.4) is 0 Å². The first-order valence-corrected chi connectivity index (χ1v) is 9.49. The van der Waals surface area contributed by atoms with Crippen molar-refractivity contribution in [2.24, 2.45) is 0 Å². The summed E-state index contributed by atoms with van der Waals surface area (Å²) in [4.78, 5) is 0. The van der Waals surface area contributed by atoms with Gasteiger partial charge in [0, 0.05) is 29.2 Å². The summed E-state index contributed by atoms with van der Waals surface area (Å²) in [6.45, 7) is 1.53. The van der Waals surface area contributed by atoms with Crippen LogP contribution in [-0.2, 0) is 19.7 Å². The molecule has 0 bridgehead atoms. The van der Waals surface area contributed by atoms with Crippen LogP contribution in [0.4, 0.5) is 4.39 Å². The average Bonchev–Trinajstić information content (AvgIpc) is 2.70. The molecule has 0 aliphatic rings. The lowest BCUT2D eigenvalue weighted by molar-refractivity contribution is 0.284. The molecule has 0 aliphatic carbocycles. The van der Waals surface area contributed by atoms with E-state index in [2.05, 4.69) is 5.32 Å². The van der Waals surface area contributed by atoms with Crippen molar-refractivity contribution in [2.45, 2.75) is 19.7 Å². The molecule has 28 heavy (non-hydrogen) atoms. The van der Waals surface area contributed by atoms with Gasteiger partial charge < -0.3 is 14.8 Å². The first-order valence-electron chi connectivity index (χ1n) is 8.74. The molecule has 0 heterocycles. The highest BCUT2D eigenvalue weighted by Gasteiger charge is 2.11. The van der Waals surface area contributed by atoms with Gasteiger partial charge in [-0.05, 0) is 47.0 Å². The van der Waals surface area contributed by atoms with Crippen LogP contribution in [0.5, 0.6) is 11.5 Å². The number of rotatable bonds is 8. The van der Waals surface area contributed by atoms with E-state index in [1.807, 2.05) is 30.3 Å². The van der Waals surface area contributed by atoms with E-state index in [-0.39, 0.29) is 5.82 Å². The summed E-state index contributed by atoms with van der Waals surface area (Å²) in [7, 11) is 1.59. The van der Waals surface area contributed by atoms with Crippen LogP contribution in [0.25, 0.3) is 0 Å². The first-order chi connectivity index (χ1) is 13.5. The van der Waals surface area contributed by atoms with Crippen molar-refractivity contribution in [2.75, 3.05) is 7.11 Å². The van der Waals surface area contributed by atoms with Crippen molar-refractivity contribution < 1.29 is 13.9 Å². The van der Waals surface area contributed by atoms with Crippen LogP contribution < -0.4 is 14.8 Å². The van der Waals surface area contributed by atoms with Gasteiger partial charge in [-0.1, -0.05) is 47.5 Å². The molecule has 3 rings (SSSR count). The van der Waals surface area contributed by atoms with Crippen LogP contribution >= 0.6 is 23.2 Å². The van der Waals surface area contributed by atoms with E-state index in [9.17, 15) is 4.39 Å². The van der Waals surface area contributed by atoms with Crippen LogP contribution in [-0.4, -0.2) is 7.11 Å². The fourth-order valence-electron chi connectivity index (χ4n) is 2.67. The quantitative estimate of drug-likeness (QED) is 0.484. The van der Waals surface area contributed by atoms with Crippen molar-refractivity contribution in [3.05, 3.63) is 93.2 Å².